The number of nitrogens with one attached hydrogen (secondary N) is 1. The first-order chi connectivity index (χ1) is 9.76. The second kappa shape index (κ2) is 6.15. The van der Waals surface area contributed by atoms with E-state index < -0.39 is 0 Å². The summed E-state index contributed by atoms with van der Waals surface area (Å²) >= 11 is 0. The fourth-order valence-electron chi connectivity index (χ4n) is 3.48. The SMILES string of the molecule is CCN1CCN(C(C)Cc2ccc3c(c2)CCN3)CC1. The van der Waals surface area contributed by atoms with Crippen molar-refractivity contribution in [1.29, 1.82) is 0 Å². The van der Waals surface area contributed by atoms with Crippen molar-refractivity contribution in [3.63, 3.8) is 0 Å². The van der Waals surface area contributed by atoms with Crippen LogP contribution in [0.5, 0.6) is 0 Å². The second-order valence-electron chi connectivity index (χ2n) is 6.19. The van der Waals surface area contributed by atoms with Crippen LogP contribution in [-0.4, -0.2) is 55.1 Å². The van der Waals surface area contributed by atoms with Gasteiger partial charge in [-0.3, -0.25) is 4.90 Å². The Morgan fingerprint density at radius 1 is 1.20 bits per heavy atom. The average Bonchev–Trinajstić information content (AvgIpc) is 2.95. The van der Waals surface area contributed by atoms with Gasteiger partial charge in [-0.25, -0.2) is 0 Å². The average molecular weight is 273 g/mol. The molecule has 1 unspecified atom stereocenters. The third-order valence-corrected chi connectivity index (χ3v) is 4.89. The van der Waals surface area contributed by atoms with Gasteiger partial charge in [0.2, 0.25) is 0 Å². The lowest BCUT2D eigenvalue weighted by Crippen LogP contribution is -2.49. The molecule has 0 aromatic heterocycles. The van der Waals surface area contributed by atoms with Gasteiger partial charge in [-0.15, -0.1) is 0 Å². The zero-order valence-corrected chi connectivity index (χ0v) is 12.9. The van der Waals surface area contributed by atoms with Crippen LogP contribution >= 0.6 is 0 Å². The van der Waals surface area contributed by atoms with E-state index in [9.17, 15) is 0 Å². The van der Waals surface area contributed by atoms with Crippen LogP contribution in [0, 0.1) is 0 Å². The number of hydrogen-bond donors (Lipinski definition) is 1. The van der Waals surface area contributed by atoms with E-state index in [4.69, 9.17) is 0 Å². The summed E-state index contributed by atoms with van der Waals surface area (Å²) in [6.07, 6.45) is 2.37. The summed E-state index contributed by atoms with van der Waals surface area (Å²) in [5, 5.41) is 3.44. The number of fused-ring (bicyclic) bond motifs is 1. The van der Waals surface area contributed by atoms with E-state index >= 15 is 0 Å². The third-order valence-electron chi connectivity index (χ3n) is 4.89. The predicted octanol–water partition coefficient (Wildman–Crippen LogP) is 2.22. The molecule has 3 rings (SSSR count). The van der Waals surface area contributed by atoms with Crippen molar-refractivity contribution in [2.75, 3.05) is 44.6 Å². The van der Waals surface area contributed by atoms with Crippen LogP contribution in [0.3, 0.4) is 0 Å². The molecular formula is C17H27N3. The van der Waals surface area contributed by atoms with Crippen molar-refractivity contribution in [3.05, 3.63) is 29.3 Å². The van der Waals surface area contributed by atoms with E-state index in [-0.39, 0.29) is 0 Å². The van der Waals surface area contributed by atoms with Crippen molar-refractivity contribution in [1.82, 2.24) is 9.80 Å². The highest BCUT2D eigenvalue weighted by Gasteiger charge is 2.20. The van der Waals surface area contributed by atoms with Gasteiger partial charge in [-0.1, -0.05) is 19.1 Å². The first kappa shape index (κ1) is 13.9. The van der Waals surface area contributed by atoms with Crippen LogP contribution in [0.15, 0.2) is 18.2 Å². The monoisotopic (exact) mass is 273 g/mol. The van der Waals surface area contributed by atoms with Gasteiger partial charge in [0.25, 0.3) is 0 Å². The molecule has 0 spiro atoms. The minimum Gasteiger partial charge on any atom is -0.384 e. The number of rotatable bonds is 4. The molecule has 2 aliphatic heterocycles. The molecule has 2 heterocycles. The quantitative estimate of drug-likeness (QED) is 0.907. The molecule has 3 heteroatoms. The van der Waals surface area contributed by atoms with Gasteiger partial charge < -0.3 is 10.2 Å². The van der Waals surface area contributed by atoms with E-state index in [1.165, 1.54) is 62.4 Å². The van der Waals surface area contributed by atoms with Crippen LogP contribution in [0.25, 0.3) is 0 Å². The van der Waals surface area contributed by atoms with Crippen molar-refractivity contribution >= 4 is 5.69 Å². The summed E-state index contributed by atoms with van der Waals surface area (Å²) in [5.74, 6) is 0. The summed E-state index contributed by atoms with van der Waals surface area (Å²) in [5.41, 5.74) is 4.35. The maximum atomic E-state index is 3.44. The Bertz CT molecular complexity index is 450. The van der Waals surface area contributed by atoms with Crippen LogP contribution < -0.4 is 5.32 Å². The molecule has 0 radical (unpaired) electrons. The molecule has 0 saturated carbocycles. The van der Waals surface area contributed by atoms with Crippen molar-refractivity contribution in [2.24, 2.45) is 0 Å². The van der Waals surface area contributed by atoms with Gasteiger partial charge in [0.15, 0.2) is 0 Å². The van der Waals surface area contributed by atoms with E-state index in [1.807, 2.05) is 0 Å². The van der Waals surface area contributed by atoms with E-state index in [0.29, 0.717) is 6.04 Å². The Labute approximate surface area is 123 Å². The molecule has 1 fully saturated rings. The standard InChI is InChI=1S/C17H27N3/c1-3-19-8-10-20(11-9-19)14(2)12-15-4-5-17-16(13-15)6-7-18-17/h4-5,13-14,18H,3,6-12H2,1-2H3. The molecule has 0 amide bonds. The van der Waals surface area contributed by atoms with Crippen LogP contribution in [0.1, 0.15) is 25.0 Å². The lowest BCUT2D eigenvalue weighted by molar-refractivity contribution is 0.106. The normalized spacial score (nSPS) is 21.5. The van der Waals surface area contributed by atoms with Crippen LogP contribution in [-0.2, 0) is 12.8 Å². The number of anilines is 1. The zero-order chi connectivity index (χ0) is 13.9. The minimum atomic E-state index is 0.654. The molecule has 0 aliphatic carbocycles. The fourth-order valence-corrected chi connectivity index (χ4v) is 3.48. The topological polar surface area (TPSA) is 18.5 Å². The summed E-state index contributed by atoms with van der Waals surface area (Å²) in [6.45, 7) is 11.9. The van der Waals surface area contributed by atoms with Crippen LogP contribution in [0.2, 0.25) is 0 Å². The lowest BCUT2D eigenvalue weighted by Gasteiger charge is -2.37. The fraction of sp³-hybridized carbons (Fsp3) is 0.647. The molecule has 1 saturated heterocycles. The minimum absolute atomic E-state index is 0.654. The Hall–Kier alpha value is -1.06. The number of hydrogen-bond acceptors (Lipinski definition) is 3. The van der Waals surface area contributed by atoms with Gasteiger partial charge in [-0.05, 0) is 43.5 Å². The summed E-state index contributed by atoms with van der Waals surface area (Å²) in [4.78, 5) is 5.20. The highest BCUT2D eigenvalue weighted by Crippen LogP contribution is 2.24. The number of piperazine rings is 1. The van der Waals surface area contributed by atoms with Crippen molar-refractivity contribution < 1.29 is 0 Å². The Morgan fingerprint density at radius 2 is 2.00 bits per heavy atom. The van der Waals surface area contributed by atoms with Crippen LogP contribution in [0.4, 0.5) is 5.69 Å². The first-order valence-corrected chi connectivity index (χ1v) is 8.08. The first-order valence-electron chi connectivity index (χ1n) is 8.08. The third kappa shape index (κ3) is 2.99. The van der Waals surface area contributed by atoms with Crippen molar-refractivity contribution in [2.45, 2.75) is 32.7 Å². The molecule has 0 bridgehead atoms. The molecule has 1 atom stereocenters. The molecule has 110 valence electrons. The smallest absolute Gasteiger partial charge is 0.0373 e. The predicted molar refractivity (Wildman–Crippen MR) is 85.5 cm³/mol. The Morgan fingerprint density at radius 3 is 2.75 bits per heavy atom. The van der Waals surface area contributed by atoms with Gasteiger partial charge in [0.05, 0.1) is 0 Å². The lowest BCUT2D eigenvalue weighted by atomic mass is 10.0. The number of likely N-dealkylation sites (N-methyl/N-ethyl adjacent to an activating group) is 1. The summed E-state index contributed by atoms with van der Waals surface area (Å²) in [6, 6.07) is 7.63. The number of nitrogens with zero attached hydrogens (tertiary/aromatic N) is 2. The second-order valence-corrected chi connectivity index (χ2v) is 6.19. The maximum Gasteiger partial charge on any atom is 0.0373 e. The maximum absolute atomic E-state index is 3.44. The molecule has 1 aromatic carbocycles. The van der Waals surface area contributed by atoms with Crippen molar-refractivity contribution in [3.8, 4) is 0 Å². The van der Waals surface area contributed by atoms with Gasteiger partial charge in [-0.2, -0.15) is 0 Å². The molecule has 20 heavy (non-hydrogen) atoms. The molecule has 3 nitrogen and oxygen atoms in total. The zero-order valence-electron chi connectivity index (χ0n) is 12.9. The van der Waals surface area contributed by atoms with Gasteiger partial charge in [0.1, 0.15) is 0 Å². The summed E-state index contributed by atoms with van der Waals surface area (Å²) < 4.78 is 0. The summed E-state index contributed by atoms with van der Waals surface area (Å²) in [7, 11) is 0. The highest BCUT2D eigenvalue weighted by molar-refractivity contribution is 5.56. The largest absolute Gasteiger partial charge is 0.384 e. The molecule has 2 aliphatic rings. The Balaban J connectivity index is 1.57. The Kier molecular flexibility index (Phi) is 4.27. The van der Waals surface area contributed by atoms with Gasteiger partial charge >= 0.3 is 0 Å². The van der Waals surface area contributed by atoms with E-state index in [1.54, 1.807) is 0 Å². The van der Waals surface area contributed by atoms with Gasteiger partial charge in [0, 0.05) is 44.5 Å². The van der Waals surface area contributed by atoms with E-state index in [0.717, 1.165) is 6.54 Å². The highest BCUT2D eigenvalue weighted by atomic mass is 15.3. The van der Waals surface area contributed by atoms with E-state index in [2.05, 4.69) is 47.2 Å². The molecule has 1 N–H and O–H groups in total. The molecule has 1 aromatic rings. The number of benzene rings is 1. The molecular weight excluding hydrogens is 246 g/mol.